The largest absolute Gasteiger partial charge is 0.325 e. The van der Waals surface area contributed by atoms with Crippen molar-refractivity contribution in [2.24, 2.45) is 11.7 Å². The van der Waals surface area contributed by atoms with Gasteiger partial charge in [0.2, 0.25) is 0 Å². The SMILES string of the molecule is CCCCCCCCCCCCC(Cc1ccccc1)C(N)(CCCC)CCCC.O=S(=O)(O)Cc1ccccc1. The minimum atomic E-state index is -3.88. The van der Waals surface area contributed by atoms with Crippen LogP contribution in [0.2, 0.25) is 0 Å². The van der Waals surface area contributed by atoms with Gasteiger partial charge in [-0.15, -0.1) is 0 Å². The van der Waals surface area contributed by atoms with Crippen molar-refractivity contribution in [3.05, 3.63) is 71.8 Å². The maximum Gasteiger partial charge on any atom is 0.269 e. The highest BCUT2D eigenvalue weighted by Crippen LogP contribution is 2.34. The fourth-order valence-electron chi connectivity index (χ4n) is 5.70. The first kappa shape index (κ1) is 37.3. The van der Waals surface area contributed by atoms with Crippen molar-refractivity contribution in [2.75, 3.05) is 0 Å². The zero-order valence-electron chi connectivity index (χ0n) is 26.5. The monoisotopic (exact) mass is 587 g/mol. The number of benzene rings is 2. The van der Waals surface area contributed by atoms with Gasteiger partial charge < -0.3 is 5.73 Å². The molecule has 0 aliphatic carbocycles. The number of hydrogen-bond acceptors (Lipinski definition) is 3. The highest BCUT2D eigenvalue weighted by Gasteiger charge is 2.33. The molecule has 41 heavy (non-hydrogen) atoms. The maximum atomic E-state index is 10.4. The van der Waals surface area contributed by atoms with Crippen LogP contribution in [0.15, 0.2) is 60.7 Å². The number of nitrogens with two attached hydrogens (primary N) is 1. The molecule has 0 spiro atoms. The second-order valence-electron chi connectivity index (χ2n) is 12.0. The van der Waals surface area contributed by atoms with Crippen LogP contribution in [0.1, 0.15) is 141 Å². The van der Waals surface area contributed by atoms with E-state index in [0.29, 0.717) is 11.5 Å². The van der Waals surface area contributed by atoms with Crippen LogP contribution < -0.4 is 5.73 Å². The molecule has 0 aliphatic heterocycles. The molecule has 234 valence electrons. The minimum absolute atomic E-state index is 0.0150. The first-order valence-electron chi connectivity index (χ1n) is 16.6. The molecule has 0 aliphatic rings. The lowest BCUT2D eigenvalue weighted by atomic mass is 9.72. The van der Waals surface area contributed by atoms with Crippen molar-refractivity contribution in [1.29, 1.82) is 0 Å². The molecular formula is C36H61NO3S. The van der Waals surface area contributed by atoms with Crippen LogP contribution in [0, 0.1) is 5.92 Å². The lowest BCUT2D eigenvalue weighted by molar-refractivity contribution is 0.205. The average Bonchev–Trinajstić information content (AvgIpc) is 2.96. The van der Waals surface area contributed by atoms with Crippen molar-refractivity contribution in [1.82, 2.24) is 0 Å². The summed E-state index contributed by atoms with van der Waals surface area (Å²) in [5.74, 6) is 0.306. The van der Waals surface area contributed by atoms with E-state index in [1.54, 1.807) is 30.3 Å². The van der Waals surface area contributed by atoms with Gasteiger partial charge in [-0.25, -0.2) is 0 Å². The van der Waals surface area contributed by atoms with Crippen LogP contribution in [0.4, 0.5) is 0 Å². The molecule has 5 heteroatoms. The third-order valence-electron chi connectivity index (χ3n) is 8.23. The van der Waals surface area contributed by atoms with E-state index in [9.17, 15) is 8.42 Å². The Morgan fingerprint density at radius 2 is 1.05 bits per heavy atom. The van der Waals surface area contributed by atoms with E-state index < -0.39 is 10.1 Å². The van der Waals surface area contributed by atoms with Crippen molar-refractivity contribution in [3.63, 3.8) is 0 Å². The van der Waals surface area contributed by atoms with Crippen LogP contribution >= 0.6 is 0 Å². The molecule has 0 fully saturated rings. The van der Waals surface area contributed by atoms with Crippen molar-refractivity contribution >= 4 is 10.1 Å². The lowest BCUT2D eigenvalue weighted by Gasteiger charge is -2.39. The summed E-state index contributed by atoms with van der Waals surface area (Å²) in [4.78, 5) is 0. The van der Waals surface area contributed by atoms with Crippen LogP contribution in [0.5, 0.6) is 0 Å². The topological polar surface area (TPSA) is 80.4 Å². The van der Waals surface area contributed by atoms with Gasteiger partial charge in [0.1, 0.15) is 5.75 Å². The van der Waals surface area contributed by atoms with E-state index in [1.165, 1.54) is 115 Å². The standard InChI is InChI=1S/C29H53N.C7H8O3S/c1-4-7-10-11-12-13-14-15-16-20-23-28(26-27-21-18-17-19-22-27)29(30,24-8-5-2)25-9-6-3;8-11(9,10)6-7-4-2-1-3-5-7/h17-19,21-22,28H,4-16,20,23-26,30H2,1-3H3;1-5H,6H2,(H,8,9,10). The average molecular weight is 588 g/mol. The number of hydrogen-bond donors (Lipinski definition) is 2. The Balaban J connectivity index is 0.000000634. The second-order valence-corrected chi connectivity index (χ2v) is 13.5. The molecule has 0 saturated carbocycles. The molecule has 2 rings (SSSR count). The summed E-state index contributed by atoms with van der Waals surface area (Å²) >= 11 is 0. The Morgan fingerprint density at radius 3 is 1.49 bits per heavy atom. The summed E-state index contributed by atoms with van der Waals surface area (Å²) in [5.41, 5.74) is 9.26. The first-order chi connectivity index (χ1) is 19.7. The van der Waals surface area contributed by atoms with Gasteiger partial charge >= 0.3 is 0 Å². The van der Waals surface area contributed by atoms with Crippen molar-refractivity contribution < 1.29 is 13.0 Å². The van der Waals surface area contributed by atoms with Crippen LogP contribution in [0.25, 0.3) is 0 Å². The molecule has 1 unspecified atom stereocenters. The smallest absolute Gasteiger partial charge is 0.269 e. The minimum Gasteiger partial charge on any atom is -0.325 e. The van der Waals surface area contributed by atoms with Gasteiger partial charge in [0.05, 0.1) is 0 Å². The zero-order chi connectivity index (χ0) is 30.2. The normalized spacial score (nSPS) is 12.5. The molecule has 2 aromatic carbocycles. The zero-order valence-corrected chi connectivity index (χ0v) is 27.4. The van der Waals surface area contributed by atoms with Gasteiger partial charge in [-0.05, 0) is 42.7 Å². The Morgan fingerprint density at radius 1 is 0.634 bits per heavy atom. The maximum absolute atomic E-state index is 10.4. The third-order valence-corrected chi connectivity index (χ3v) is 8.93. The van der Waals surface area contributed by atoms with Crippen molar-refractivity contribution in [3.8, 4) is 0 Å². The summed E-state index contributed by atoms with van der Waals surface area (Å²) in [5, 5.41) is 0. The van der Waals surface area contributed by atoms with Gasteiger partial charge in [-0.1, -0.05) is 171 Å². The molecule has 2 aromatic rings. The van der Waals surface area contributed by atoms with Crippen LogP contribution in [-0.2, 0) is 22.3 Å². The molecule has 1 atom stereocenters. The van der Waals surface area contributed by atoms with Gasteiger partial charge in [0, 0.05) is 5.54 Å². The first-order valence-corrected chi connectivity index (χ1v) is 18.2. The van der Waals surface area contributed by atoms with Crippen molar-refractivity contribution in [2.45, 2.75) is 148 Å². The molecule has 0 amide bonds. The Hall–Kier alpha value is -1.69. The molecule has 0 aromatic heterocycles. The fraction of sp³-hybridized carbons (Fsp3) is 0.667. The molecule has 0 saturated heterocycles. The Bertz CT molecular complexity index is 955. The summed E-state index contributed by atoms with van der Waals surface area (Å²) in [6.45, 7) is 6.90. The van der Waals surface area contributed by atoms with E-state index in [4.69, 9.17) is 10.3 Å². The van der Waals surface area contributed by atoms with Crippen LogP contribution in [-0.4, -0.2) is 18.5 Å². The number of rotatable bonds is 22. The molecular weight excluding hydrogens is 526 g/mol. The predicted octanol–water partition coefficient (Wildman–Crippen LogP) is 10.3. The highest BCUT2D eigenvalue weighted by molar-refractivity contribution is 7.85. The van der Waals surface area contributed by atoms with E-state index in [-0.39, 0.29) is 11.3 Å². The van der Waals surface area contributed by atoms with E-state index >= 15 is 0 Å². The molecule has 0 bridgehead atoms. The van der Waals surface area contributed by atoms with Crippen LogP contribution in [0.3, 0.4) is 0 Å². The quantitative estimate of drug-likeness (QED) is 0.106. The van der Waals surface area contributed by atoms with Gasteiger partial charge in [0.15, 0.2) is 0 Å². The van der Waals surface area contributed by atoms with Gasteiger partial charge in [-0.2, -0.15) is 8.42 Å². The van der Waals surface area contributed by atoms with E-state index in [2.05, 4.69) is 51.1 Å². The Labute approximate surface area is 253 Å². The third kappa shape index (κ3) is 19.2. The highest BCUT2D eigenvalue weighted by atomic mass is 32.2. The van der Waals surface area contributed by atoms with Gasteiger partial charge in [-0.3, -0.25) is 4.55 Å². The lowest BCUT2D eigenvalue weighted by Crippen LogP contribution is -2.48. The number of unbranched alkanes of at least 4 members (excludes halogenated alkanes) is 11. The summed E-state index contributed by atoms with van der Waals surface area (Å²) < 4.78 is 29.2. The molecule has 0 heterocycles. The molecule has 4 nitrogen and oxygen atoms in total. The summed E-state index contributed by atoms with van der Waals surface area (Å²) in [6.07, 6.45) is 24.0. The summed E-state index contributed by atoms with van der Waals surface area (Å²) in [7, 11) is -3.88. The second kappa shape index (κ2) is 22.9. The van der Waals surface area contributed by atoms with E-state index in [0.717, 1.165) is 6.42 Å². The summed E-state index contributed by atoms with van der Waals surface area (Å²) in [6, 6.07) is 19.6. The predicted molar refractivity (Wildman–Crippen MR) is 178 cm³/mol. The molecule has 0 radical (unpaired) electrons. The molecule has 3 N–H and O–H groups in total. The Kier molecular flexibility index (Phi) is 20.8. The fourth-order valence-corrected chi connectivity index (χ4v) is 6.31. The van der Waals surface area contributed by atoms with Gasteiger partial charge in [0.25, 0.3) is 10.1 Å². The van der Waals surface area contributed by atoms with E-state index in [1.807, 2.05) is 0 Å².